The van der Waals surface area contributed by atoms with Crippen molar-refractivity contribution < 1.29 is 9.13 Å². The number of nitrogens with zero attached hydrogens (tertiary/aromatic N) is 1. The van der Waals surface area contributed by atoms with Gasteiger partial charge in [0.15, 0.2) is 0 Å². The number of morpholine rings is 1. The Hall–Kier alpha value is -0.970. The second kappa shape index (κ2) is 5.80. The van der Waals surface area contributed by atoms with E-state index in [9.17, 15) is 4.39 Å². The van der Waals surface area contributed by atoms with E-state index in [-0.39, 0.29) is 17.8 Å². The zero-order chi connectivity index (χ0) is 14.1. The van der Waals surface area contributed by atoms with Crippen LogP contribution < -0.4 is 5.73 Å². The lowest BCUT2D eigenvalue weighted by Crippen LogP contribution is -2.45. The van der Waals surface area contributed by atoms with E-state index < -0.39 is 0 Å². The van der Waals surface area contributed by atoms with E-state index in [1.54, 1.807) is 12.1 Å². The van der Waals surface area contributed by atoms with Gasteiger partial charge in [-0.25, -0.2) is 4.39 Å². The molecule has 2 aliphatic rings. The minimum Gasteiger partial charge on any atom is -0.372 e. The molecule has 2 N–H and O–H groups in total. The SMILES string of the molecule is CC(CN1CC2CCC(C1)O2)C(N)c1ccccc1F. The van der Waals surface area contributed by atoms with Crippen molar-refractivity contribution in [3.63, 3.8) is 0 Å². The normalized spacial score (nSPS) is 29.4. The van der Waals surface area contributed by atoms with Crippen LogP contribution in [0.1, 0.15) is 31.4 Å². The third-order valence-electron chi connectivity index (χ3n) is 4.54. The number of rotatable bonds is 4. The summed E-state index contributed by atoms with van der Waals surface area (Å²) in [7, 11) is 0. The molecule has 4 atom stereocenters. The first kappa shape index (κ1) is 14.0. The van der Waals surface area contributed by atoms with Crippen LogP contribution in [-0.2, 0) is 4.74 Å². The fraction of sp³-hybridized carbons (Fsp3) is 0.625. The number of benzene rings is 1. The van der Waals surface area contributed by atoms with Crippen LogP contribution in [0.4, 0.5) is 4.39 Å². The summed E-state index contributed by atoms with van der Waals surface area (Å²) in [6.07, 6.45) is 3.14. The van der Waals surface area contributed by atoms with Crippen LogP contribution in [0.15, 0.2) is 24.3 Å². The lowest BCUT2D eigenvalue weighted by Gasteiger charge is -2.35. The van der Waals surface area contributed by atoms with Crippen LogP contribution in [-0.4, -0.2) is 36.7 Å². The van der Waals surface area contributed by atoms with E-state index in [0.29, 0.717) is 17.8 Å². The third kappa shape index (κ3) is 2.87. The van der Waals surface area contributed by atoms with Gasteiger partial charge in [-0.15, -0.1) is 0 Å². The van der Waals surface area contributed by atoms with Gasteiger partial charge in [0.05, 0.1) is 12.2 Å². The largest absolute Gasteiger partial charge is 0.372 e. The second-order valence-electron chi connectivity index (χ2n) is 6.20. The Bertz CT molecular complexity index is 456. The van der Waals surface area contributed by atoms with E-state index in [1.165, 1.54) is 18.9 Å². The van der Waals surface area contributed by atoms with E-state index in [4.69, 9.17) is 10.5 Å². The van der Waals surface area contributed by atoms with Gasteiger partial charge in [-0.3, -0.25) is 4.90 Å². The summed E-state index contributed by atoms with van der Waals surface area (Å²) in [4.78, 5) is 2.43. The maximum atomic E-state index is 13.8. The molecule has 2 bridgehead atoms. The number of halogens is 1. The Morgan fingerprint density at radius 3 is 2.60 bits per heavy atom. The zero-order valence-corrected chi connectivity index (χ0v) is 12.0. The first-order chi connectivity index (χ1) is 9.63. The molecule has 110 valence electrons. The number of ether oxygens (including phenoxy) is 1. The van der Waals surface area contributed by atoms with Gasteiger partial charge in [-0.1, -0.05) is 25.1 Å². The number of hydrogen-bond acceptors (Lipinski definition) is 3. The molecule has 2 saturated heterocycles. The molecule has 2 fully saturated rings. The van der Waals surface area contributed by atoms with Gasteiger partial charge < -0.3 is 10.5 Å². The lowest BCUT2D eigenvalue weighted by molar-refractivity contribution is -0.0428. The molecule has 0 spiro atoms. The molecule has 2 heterocycles. The molecule has 2 aliphatic heterocycles. The molecule has 1 aromatic rings. The average Bonchev–Trinajstić information content (AvgIpc) is 2.77. The second-order valence-corrected chi connectivity index (χ2v) is 6.20. The molecule has 20 heavy (non-hydrogen) atoms. The maximum absolute atomic E-state index is 13.8. The van der Waals surface area contributed by atoms with Crippen molar-refractivity contribution in [3.05, 3.63) is 35.6 Å². The molecule has 0 saturated carbocycles. The Morgan fingerprint density at radius 1 is 1.30 bits per heavy atom. The fourth-order valence-electron chi connectivity index (χ4n) is 3.42. The molecule has 0 aromatic heterocycles. The van der Waals surface area contributed by atoms with Crippen LogP contribution >= 0.6 is 0 Å². The molecule has 0 radical (unpaired) electrons. The van der Waals surface area contributed by atoms with Gasteiger partial charge in [-0.05, 0) is 24.8 Å². The minimum absolute atomic E-state index is 0.200. The zero-order valence-electron chi connectivity index (χ0n) is 12.0. The van der Waals surface area contributed by atoms with Crippen molar-refractivity contribution in [1.29, 1.82) is 0 Å². The van der Waals surface area contributed by atoms with Crippen LogP contribution in [0, 0.1) is 11.7 Å². The highest BCUT2D eigenvalue weighted by atomic mass is 19.1. The first-order valence-electron chi connectivity index (χ1n) is 7.51. The highest BCUT2D eigenvalue weighted by Crippen LogP contribution is 2.28. The smallest absolute Gasteiger partial charge is 0.127 e. The molecular formula is C16H23FN2O. The van der Waals surface area contributed by atoms with Gasteiger partial charge in [0.2, 0.25) is 0 Å². The Kier molecular flexibility index (Phi) is 4.06. The van der Waals surface area contributed by atoms with Crippen molar-refractivity contribution in [3.8, 4) is 0 Å². The average molecular weight is 278 g/mol. The van der Waals surface area contributed by atoms with Crippen molar-refractivity contribution >= 4 is 0 Å². The topological polar surface area (TPSA) is 38.5 Å². The maximum Gasteiger partial charge on any atom is 0.127 e. The molecule has 3 rings (SSSR count). The van der Waals surface area contributed by atoms with E-state index in [1.807, 2.05) is 6.07 Å². The third-order valence-corrected chi connectivity index (χ3v) is 4.54. The molecule has 1 aromatic carbocycles. The summed E-state index contributed by atoms with van der Waals surface area (Å²) in [5, 5.41) is 0. The number of hydrogen-bond donors (Lipinski definition) is 1. The van der Waals surface area contributed by atoms with Crippen LogP contribution in [0.3, 0.4) is 0 Å². The summed E-state index contributed by atoms with van der Waals surface area (Å²) in [6, 6.07) is 6.57. The van der Waals surface area contributed by atoms with Gasteiger partial charge in [0.1, 0.15) is 5.82 Å². The summed E-state index contributed by atoms with van der Waals surface area (Å²) in [6.45, 7) is 5.00. The monoisotopic (exact) mass is 278 g/mol. The van der Waals surface area contributed by atoms with Crippen LogP contribution in [0.5, 0.6) is 0 Å². The van der Waals surface area contributed by atoms with Crippen LogP contribution in [0.2, 0.25) is 0 Å². The van der Waals surface area contributed by atoms with Gasteiger partial charge in [0, 0.05) is 31.2 Å². The Balaban J connectivity index is 1.61. The highest BCUT2D eigenvalue weighted by molar-refractivity contribution is 5.21. The minimum atomic E-state index is -0.253. The predicted octanol–water partition coefficient (Wildman–Crippen LogP) is 2.32. The number of likely N-dealkylation sites (tertiary alicyclic amines) is 1. The van der Waals surface area contributed by atoms with E-state index >= 15 is 0 Å². The Labute approximate surface area is 119 Å². The summed E-state index contributed by atoms with van der Waals surface area (Å²) in [5.74, 6) is 0.0262. The van der Waals surface area contributed by atoms with Crippen molar-refractivity contribution in [2.75, 3.05) is 19.6 Å². The lowest BCUT2D eigenvalue weighted by atomic mass is 9.94. The molecule has 4 unspecified atom stereocenters. The summed E-state index contributed by atoms with van der Waals surface area (Å²) in [5.41, 5.74) is 6.87. The first-order valence-corrected chi connectivity index (χ1v) is 7.51. The van der Waals surface area contributed by atoms with E-state index in [0.717, 1.165) is 19.6 Å². The number of fused-ring (bicyclic) bond motifs is 2. The van der Waals surface area contributed by atoms with Crippen molar-refractivity contribution in [2.45, 2.75) is 38.0 Å². The quantitative estimate of drug-likeness (QED) is 0.918. The van der Waals surface area contributed by atoms with Crippen molar-refractivity contribution in [1.82, 2.24) is 4.90 Å². The standard InChI is InChI=1S/C16H23FN2O/c1-11(16(18)14-4-2-3-5-15(14)17)8-19-9-12-6-7-13(10-19)20-12/h2-5,11-13,16H,6-10,18H2,1H3. The fourth-order valence-corrected chi connectivity index (χ4v) is 3.42. The number of nitrogens with two attached hydrogens (primary N) is 1. The molecular weight excluding hydrogens is 255 g/mol. The molecule has 3 nitrogen and oxygen atoms in total. The molecule has 0 aliphatic carbocycles. The van der Waals surface area contributed by atoms with Crippen molar-refractivity contribution in [2.24, 2.45) is 11.7 Å². The summed E-state index contributed by atoms with van der Waals surface area (Å²) < 4.78 is 19.6. The Morgan fingerprint density at radius 2 is 1.95 bits per heavy atom. The predicted molar refractivity (Wildman–Crippen MR) is 76.8 cm³/mol. The van der Waals surface area contributed by atoms with Gasteiger partial charge >= 0.3 is 0 Å². The summed E-state index contributed by atoms with van der Waals surface area (Å²) >= 11 is 0. The highest BCUT2D eigenvalue weighted by Gasteiger charge is 2.34. The van der Waals surface area contributed by atoms with Crippen LogP contribution in [0.25, 0.3) is 0 Å². The van der Waals surface area contributed by atoms with Gasteiger partial charge in [0.25, 0.3) is 0 Å². The molecule has 4 heteroatoms. The molecule has 0 amide bonds. The van der Waals surface area contributed by atoms with E-state index in [2.05, 4.69) is 11.8 Å². The van der Waals surface area contributed by atoms with Gasteiger partial charge in [-0.2, -0.15) is 0 Å².